The van der Waals surface area contributed by atoms with Gasteiger partial charge >= 0.3 is 0 Å². The first kappa shape index (κ1) is 19.2. The van der Waals surface area contributed by atoms with Crippen molar-refractivity contribution in [3.05, 3.63) is 53.6 Å². The number of anilines is 2. The maximum Gasteiger partial charge on any atom is 0.243 e. The largest absolute Gasteiger partial charge is 0.399 e. The molecule has 3 N–H and O–H groups in total. The van der Waals surface area contributed by atoms with Crippen LogP contribution in [0.4, 0.5) is 11.4 Å². The zero-order valence-electron chi connectivity index (χ0n) is 16.3. The first-order valence-corrected chi connectivity index (χ1v) is 11.1. The van der Waals surface area contributed by atoms with Gasteiger partial charge in [0.15, 0.2) is 0 Å². The number of ether oxygens (including phenoxy) is 1. The van der Waals surface area contributed by atoms with Crippen molar-refractivity contribution in [2.45, 2.75) is 36.6 Å². The summed E-state index contributed by atoms with van der Waals surface area (Å²) in [7, 11) is -3.51. The van der Waals surface area contributed by atoms with Crippen molar-refractivity contribution in [2.24, 2.45) is 0 Å². The van der Waals surface area contributed by atoms with Crippen LogP contribution in [0.3, 0.4) is 0 Å². The minimum absolute atomic E-state index is 0.132. The highest BCUT2D eigenvalue weighted by atomic mass is 32.2. The number of morpholine rings is 1. The zero-order chi connectivity index (χ0) is 19.9. The van der Waals surface area contributed by atoms with Crippen molar-refractivity contribution in [3.63, 3.8) is 0 Å². The van der Waals surface area contributed by atoms with E-state index in [1.807, 2.05) is 30.3 Å². The minimum Gasteiger partial charge on any atom is -0.399 e. The fourth-order valence-corrected chi connectivity index (χ4v) is 5.58. The third-order valence-electron chi connectivity index (χ3n) is 5.69. The first-order valence-electron chi connectivity index (χ1n) is 9.62. The molecular formula is C21H27N3O3S. The Morgan fingerprint density at radius 2 is 1.89 bits per heavy atom. The van der Waals surface area contributed by atoms with Crippen LogP contribution in [-0.4, -0.2) is 39.0 Å². The van der Waals surface area contributed by atoms with E-state index in [-0.39, 0.29) is 11.5 Å². The maximum atomic E-state index is 13.0. The van der Waals surface area contributed by atoms with E-state index < -0.39 is 10.0 Å². The topological polar surface area (TPSA) is 84.7 Å². The summed E-state index contributed by atoms with van der Waals surface area (Å²) in [6.07, 6.45) is 0.852. The third-order valence-corrected chi connectivity index (χ3v) is 7.58. The number of nitrogens with zero attached hydrogens (tertiary/aromatic N) is 1. The number of hydrogen-bond acceptors (Lipinski definition) is 5. The van der Waals surface area contributed by atoms with E-state index >= 15 is 0 Å². The Hall–Kier alpha value is -2.09. The van der Waals surface area contributed by atoms with Crippen molar-refractivity contribution in [1.82, 2.24) is 4.31 Å². The highest BCUT2D eigenvalue weighted by molar-refractivity contribution is 7.89. The van der Waals surface area contributed by atoms with E-state index in [1.54, 1.807) is 6.07 Å². The van der Waals surface area contributed by atoms with Crippen LogP contribution in [0.2, 0.25) is 0 Å². The van der Waals surface area contributed by atoms with Crippen LogP contribution in [0, 0.1) is 0 Å². The van der Waals surface area contributed by atoms with Gasteiger partial charge in [-0.25, -0.2) is 8.42 Å². The molecule has 1 fully saturated rings. The van der Waals surface area contributed by atoms with Crippen molar-refractivity contribution in [3.8, 4) is 0 Å². The molecule has 6 nitrogen and oxygen atoms in total. The van der Waals surface area contributed by atoms with Gasteiger partial charge in [0.05, 0.1) is 24.2 Å². The SMILES string of the molecule is CC1(C)CC(c2cccc(N)c2)Nc2ccc(S(=O)(=O)N3CCOCC3)cc21. The van der Waals surface area contributed by atoms with Crippen LogP contribution in [0.1, 0.15) is 37.4 Å². The number of fused-ring (bicyclic) bond motifs is 1. The predicted octanol–water partition coefficient (Wildman–Crippen LogP) is 3.12. The van der Waals surface area contributed by atoms with Crippen LogP contribution >= 0.6 is 0 Å². The average Bonchev–Trinajstić information content (AvgIpc) is 2.68. The molecule has 28 heavy (non-hydrogen) atoms. The van der Waals surface area contributed by atoms with Crippen LogP contribution < -0.4 is 11.1 Å². The summed E-state index contributed by atoms with van der Waals surface area (Å²) in [5.74, 6) is 0. The highest BCUT2D eigenvalue weighted by Gasteiger charge is 2.35. The van der Waals surface area contributed by atoms with Crippen LogP contribution in [0.5, 0.6) is 0 Å². The fraction of sp³-hybridized carbons (Fsp3) is 0.429. The molecule has 0 amide bonds. The molecule has 0 aliphatic carbocycles. The molecule has 0 aromatic heterocycles. The van der Waals surface area contributed by atoms with Crippen LogP contribution in [0.25, 0.3) is 0 Å². The molecule has 7 heteroatoms. The Morgan fingerprint density at radius 1 is 1.14 bits per heavy atom. The summed E-state index contributed by atoms with van der Waals surface area (Å²) in [5.41, 5.74) is 9.68. The second-order valence-electron chi connectivity index (χ2n) is 8.18. The monoisotopic (exact) mass is 401 g/mol. The number of nitrogens with two attached hydrogens (primary N) is 1. The third kappa shape index (κ3) is 3.50. The molecule has 2 aromatic carbocycles. The lowest BCUT2D eigenvalue weighted by Crippen LogP contribution is -2.40. The second-order valence-corrected chi connectivity index (χ2v) is 10.1. The number of nitrogens with one attached hydrogen (secondary N) is 1. The number of sulfonamides is 1. The molecule has 0 bridgehead atoms. The minimum atomic E-state index is -3.51. The standard InChI is InChI=1S/C21H27N3O3S/c1-21(2)14-20(15-4-3-5-16(22)12-15)23-19-7-6-17(13-18(19)21)28(25,26)24-8-10-27-11-9-24/h3-7,12-13,20,23H,8-11,14,22H2,1-2H3. The van der Waals surface area contributed by atoms with Crippen molar-refractivity contribution >= 4 is 21.4 Å². The molecular weight excluding hydrogens is 374 g/mol. The number of hydrogen-bond donors (Lipinski definition) is 2. The maximum absolute atomic E-state index is 13.0. The molecule has 0 saturated carbocycles. The normalized spacial score (nSPS) is 22.3. The van der Waals surface area contributed by atoms with Gasteiger partial charge in [-0.15, -0.1) is 0 Å². The Labute approximate surface area is 166 Å². The molecule has 150 valence electrons. The van der Waals surface area contributed by atoms with Crippen LogP contribution in [0.15, 0.2) is 47.4 Å². The van der Waals surface area contributed by atoms with Gasteiger partial charge < -0.3 is 15.8 Å². The van der Waals surface area contributed by atoms with Gasteiger partial charge in [-0.05, 0) is 53.3 Å². The van der Waals surface area contributed by atoms with E-state index in [0.717, 1.165) is 28.9 Å². The quantitative estimate of drug-likeness (QED) is 0.772. The van der Waals surface area contributed by atoms with Gasteiger partial charge in [0.2, 0.25) is 10.0 Å². The lowest BCUT2D eigenvalue weighted by molar-refractivity contribution is 0.0730. The molecule has 0 radical (unpaired) electrons. The number of benzene rings is 2. The smallest absolute Gasteiger partial charge is 0.243 e. The average molecular weight is 402 g/mol. The lowest BCUT2D eigenvalue weighted by atomic mass is 9.74. The molecule has 1 atom stereocenters. The molecule has 2 aromatic rings. The van der Waals surface area contributed by atoms with Crippen molar-refractivity contribution in [2.75, 3.05) is 37.4 Å². The molecule has 2 aliphatic heterocycles. The Bertz CT molecular complexity index is 982. The fourth-order valence-electron chi connectivity index (χ4n) is 4.14. The summed E-state index contributed by atoms with van der Waals surface area (Å²) < 4.78 is 32.9. The number of rotatable bonds is 3. The summed E-state index contributed by atoms with van der Waals surface area (Å²) in [6, 6.07) is 13.5. The highest BCUT2D eigenvalue weighted by Crippen LogP contribution is 2.45. The Kier molecular flexibility index (Phi) is 4.85. The molecule has 4 rings (SSSR count). The van der Waals surface area contributed by atoms with E-state index in [1.165, 1.54) is 4.31 Å². The van der Waals surface area contributed by atoms with E-state index in [9.17, 15) is 8.42 Å². The van der Waals surface area contributed by atoms with E-state index in [0.29, 0.717) is 31.2 Å². The molecule has 0 spiro atoms. The zero-order valence-corrected chi connectivity index (χ0v) is 17.1. The Morgan fingerprint density at radius 3 is 2.61 bits per heavy atom. The Balaban J connectivity index is 1.68. The van der Waals surface area contributed by atoms with Gasteiger partial charge in [0.25, 0.3) is 0 Å². The van der Waals surface area contributed by atoms with E-state index in [4.69, 9.17) is 10.5 Å². The summed E-state index contributed by atoms with van der Waals surface area (Å²) >= 11 is 0. The van der Waals surface area contributed by atoms with Gasteiger partial charge in [-0.2, -0.15) is 4.31 Å². The van der Waals surface area contributed by atoms with Gasteiger partial charge in [0.1, 0.15) is 0 Å². The molecule has 1 unspecified atom stereocenters. The predicted molar refractivity (Wildman–Crippen MR) is 111 cm³/mol. The van der Waals surface area contributed by atoms with Gasteiger partial charge in [-0.1, -0.05) is 26.0 Å². The van der Waals surface area contributed by atoms with Crippen LogP contribution in [-0.2, 0) is 20.2 Å². The molecule has 2 aliphatic rings. The first-order chi connectivity index (χ1) is 13.3. The molecule has 2 heterocycles. The molecule has 1 saturated heterocycles. The summed E-state index contributed by atoms with van der Waals surface area (Å²) in [5, 5.41) is 3.57. The van der Waals surface area contributed by atoms with Gasteiger partial charge in [0, 0.05) is 24.5 Å². The van der Waals surface area contributed by atoms with E-state index in [2.05, 4.69) is 25.2 Å². The van der Waals surface area contributed by atoms with Crippen molar-refractivity contribution < 1.29 is 13.2 Å². The lowest BCUT2D eigenvalue weighted by Gasteiger charge is -2.39. The van der Waals surface area contributed by atoms with Crippen molar-refractivity contribution in [1.29, 1.82) is 0 Å². The summed E-state index contributed by atoms with van der Waals surface area (Å²) in [4.78, 5) is 0.352. The summed E-state index contributed by atoms with van der Waals surface area (Å²) in [6.45, 7) is 6.02. The van der Waals surface area contributed by atoms with Gasteiger partial charge in [-0.3, -0.25) is 0 Å². The second kappa shape index (κ2) is 7.06. The number of nitrogen functional groups attached to an aromatic ring is 1.